The average molecular weight is 479 g/mol. The zero-order chi connectivity index (χ0) is 17.6. The zero-order valence-electron chi connectivity index (χ0n) is 15.6. The van der Waals surface area contributed by atoms with Crippen molar-refractivity contribution in [3.05, 3.63) is 16.1 Å². The van der Waals surface area contributed by atoms with E-state index in [1.807, 2.05) is 20.3 Å². The lowest BCUT2D eigenvalue weighted by Crippen LogP contribution is -2.49. The van der Waals surface area contributed by atoms with Crippen LogP contribution in [-0.4, -0.2) is 49.4 Å². The van der Waals surface area contributed by atoms with Gasteiger partial charge in [0.1, 0.15) is 5.01 Å². The third-order valence-corrected chi connectivity index (χ3v) is 5.74. The van der Waals surface area contributed by atoms with Crippen molar-refractivity contribution in [2.75, 3.05) is 27.7 Å². The van der Waals surface area contributed by atoms with Crippen molar-refractivity contribution in [2.24, 2.45) is 10.4 Å². The highest BCUT2D eigenvalue weighted by Crippen LogP contribution is 2.38. The lowest BCUT2D eigenvalue weighted by Gasteiger charge is -2.31. The van der Waals surface area contributed by atoms with Crippen LogP contribution in [-0.2, 0) is 17.8 Å². The molecule has 2 N–H and O–H groups in total. The Kier molecular flexibility index (Phi) is 9.12. The van der Waals surface area contributed by atoms with Crippen molar-refractivity contribution >= 4 is 47.2 Å². The lowest BCUT2D eigenvalue weighted by molar-refractivity contribution is -0.138. The summed E-state index contributed by atoms with van der Waals surface area (Å²) in [6.07, 6.45) is 7.07. The maximum Gasteiger partial charge on any atom is 0.230 e. The summed E-state index contributed by atoms with van der Waals surface area (Å²) in [5, 5.41) is 7.69. The number of aliphatic imine (C=N–C) groups is 1. The summed E-state index contributed by atoms with van der Waals surface area (Å²) in [4.78, 5) is 24.3. The topological polar surface area (TPSA) is 69.6 Å². The van der Waals surface area contributed by atoms with Gasteiger partial charge < -0.3 is 15.5 Å². The van der Waals surface area contributed by atoms with E-state index in [0.717, 1.165) is 43.1 Å². The fourth-order valence-corrected chi connectivity index (χ4v) is 4.02. The quantitative estimate of drug-likeness (QED) is 0.374. The van der Waals surface area contributed by atoms with Crippen LogP contribution < -0.4 is 10.6 Å². The number of carbonyl (C=O) groups is 1. The molecule has 1 saturated carbocycles. The molecule has 1 aliphatic rings. The Morgan fingerprint density at radius 1 is 1.36 bits per heavy atom. The first-order valence-electron chi connectivity index (χ1n) is 8.60. The number of hydrogen-bond donors (Lipinski definition) is 2. The Balaban J connectivity index is 0.00000312. The van der Waals surface area contributed by atoms with E-state index >= 15 is 0 Å². The van der Waals surface area contributed by atoms with Crippen molar-refractivity contribution in [3.63, 3.8) is 0 Å². The predicted molar refractivity (Wildman–Crippen MR) is 115 cm³/mol. The highest BCUT2D eigenvalue weighted by atomic mass is 127. The molecule has 1 amide bonds. The normalized spacial score (nSPS) is 16.2. The molecule has 8 heteroatoms. The molecule has 142 valence electrons. The maximum absolute atomic E-state index is 12.6. The number of carbonyl (C=O) groups excluding carboxylic acids is 1. The van der Waals surface area contributed by atoms with Crippen molar-refractivity contribution in [1.29, 1.82) is 0 Å². The zero-order valence-corrected chi connectivity index (χ0v) is 18.7. The Labute approximate surface area is 171 Å². The molecule has 1 fully saturated rings. The number of halogens is 1. The van der Waals surface area contributed by atoms with Crippen molar-refractivity contribution in [2.45, 2.75) is 45.6 Å². The maximum atomic E-state index is 12.6. The average Bonchev–Trinajstić information content (AvgIpc) is 3.24. The molecule has 0 saturated heterocycles. The summed E-state index contributed by atoms with van der Waals surface area (Å²) in [6.45, 7) is 3.41. The monoisotopic (exact) mass is 479 g/mol. The molecule has 1 aliphatic carbocycles. The number of nitrogens with zero attached hydrogens (tertiary/aromatic N) is 3. The molecule has 0 aromatic carbocycles. The van der Waals surface area contributed by atoms with Gasteiger partial charge >= 0.3 is 0 Å². The molecule has 0 bridgehead atoms. The van der Waals surface area contributed by atoms with Crippen LogP contribution in [0.2, 0.25) is 0 Å². The summed E-state index contributed by atoms with van der Waals surface area (Å²) in [7, 11) is 5.43. The van der Waals surface area contributed by atoms with E-state index in [1.54, 1.807) is 23.3 Å². The summed E-state index contributed by atoms with van der Waals surface area (Å²) < 4.78 is 0. The van der Waals surface area contributed by atoms with E-state index in [-0.39, 0.29) is 35.3 Å². The first-order chi connectivity index (χ1) is 11.5. The second-order valence-electron chi connectivity index (χ2n) is 6.54. The van der Waals surface area contributed by atoms with Gasteiger partial charge in [0.25, 0.3) is 0 Å². The number of guanidine groups is 1. The van der Waals surface area contributed by atoms with E-state index in [2.05, 4.69) is 27.5 Å². The van der Waals surface area contributed by atoms with Gasteiger partial charge in [-0.25, -0.2) is 4.98 Å². The number of thiazole rings is 1. The van der Waals surface area contributed by atoms with Crippen molar-refractivity contribution in [3.8, 4) is 0 Å². The van der Waals surface area contributed by atoms with Crippen LogP contribution in [0, 0.1) is 5.41 Å². The highest BCUT2D eigenvalue weighted by Gasteiger charge is 2.42. The molecular formula is C17H30IN5OS. The molecule has 0 radical (unpaired) electrons. The Hall–Kier alpha value is -0.900. The number of rotatable bonds is 6. The largest absolute Gasteiger partial charge is 0.355 e. The molecule has 1 aromatic rings. The minimum atomic E-state index is -0.294. The van der Waals surface area contributed by atoms with E-state index in [4.69, 9.17) is 0 Å². The first-order valence-corrected chi connectivity index (χ1v) is 9.42. The SMILES string of the molecule is CCc1cnc(CNC(=NC)NCC2(C(=O)N(C)C)CCCC2)s1.I. The molecule has 25 heavy (non-hydrogen) atoms. The minimum absolute atomic E-state index is 0. The van der Waals surface area contributed by atoms with Gasteiger partial charge in [0, 0.05) is 38.8 Å². The smallest absolute Gasteiger partial charge is 0.230 e. The van der Waals surface area contributed by atoms with E-state index < -0.39 is 0 Å². The van der Waals surface area contributed by atoms with Crippen LogP contribution in [0.4, 0.5) is 0 Å². The molecule has 6 nitrogen and oxygen atoms in total. The van der Waals surface area contributed by atoms with Gasteiger partial charge in [-0.15, -0.1) is 35.3 Å². The Morgan fingerprint density at radius 3 is 2.56 bits per heavy atom. The third-order valence-electron chi connectivity index (χ3n) is 4.60. The van der Waals surface area contributed by atoms with Crippen LogP contribution in [0.25, 0.3) is 0 Å². The fraction of sp³-hybridized carbons (Fsp3) is 0.706. The van der Waals surface area contributed by atoms with Gasteiger partial charge in [-0.1, -0.05) is 19.8 Å². The van der Waals surface area contributed by atoms with Crippen LogP contribution in [0.15, 0.2) is 11.2 Å². The van der Waals surface area contributed by atoms with E-state index in [0.29, 0.717) is 13.1 Å². The Morgan fingerprint density at radius 2 is 2.04 bits per heavy atom. The van der Waals surface area contributed by atoms with Crippen LogP contribution in [0.3, 0.4) is 0 Å². The summed E-state index contributed by atoms with van der Waals surface area (Å²) >= 11 is 1.72. The number of amides is 1. The number of aromatic nitrogens is 1. The summed E-state index contributed by atoms with van der Waals surface area (Å²) in [5.41, 5.74) is -0.294. The molecule has 0 spiro atoms. The van der Waals surface area contributed by atoms with Gasteiger partial charge in [-0.2, -0.15) is 0 Å². The van der Waals surface area contributed by atoms with Crippen molar-refractivity contribution < 1.29 is 4.79 Å². The molecule has 0 aliphatic heterocycles. The second kappa shape index (κ2) is 10.3. The predicted octanol–water partition coefficient (Wildman–Crippen LogP) is 2.64. The molecule has 1 heterocycles. The van der Waals surface area contributed by atoms with Gasteiger partial charge in [0.2, 0.25) is 5.91 Å². The van der Waals surface area contributed by atoms with Crippen LogP contribution >= 0.6 is 35.3 Å². The first kappa shape index (κ1) is 22.1. The number of hydrogen-bond acceptors (Lipinski definition) is 4. The van der Waals surface area contributed by atoms with Gasteiger partial charge in [0.15, 0.2) is 5.96 Å². The van der Waals surface area contributed by atoms with E-state index in [1.165, 1.54) is 4.88 Å². The van der Waals surface area contributed by atoms with Crippen LogP contribution in [0.1, 0.15) is 42.5 Å². The Bertz CT molecular complexity index is 581. The fourth-order valence-electron chi connectivity index (χ4n) is 3.22. The highest BCUT2D eigenvalue weighted by molar-refractivity contribution is 14.0. The van der Waals surface area contributed by atoms with Gasteiger partial charge in [-0.3, -0.25) is 9.79 Å². The van der Waals surface area contributed by atoms with Gasteiger partial charge in [0.05, 0.1) is 12.0 Å². The van der Waals surface area contributed by atoms with Crippen molar-refractivity contribution in [1.82, 2.24) is 20.5 Å². The molecule has 1 aromatic heterocycles. The number of nitrogens with one attached hydrogen (secondary N) is 2. The summed E-state index contributed by atoms with van der Waals surface area (Å²) in [5.74, 6) is 0.941. The standard InChI is InChI=1S/C17H29N5OS.HI/c1-5-13-10-19-14(24-13)11-20-16(18-2)21-12-17(8-6-7-9-17)15(23)22(3)4;/h10H,5-9,11-12H2,1-4H3,(H2,18,20,21);1H. The lowest BCUT2D eigenvalue weighted by atomic mass is 9.84. The van der Waals surface area contributed by atoms with E-state index in [9.17, 15) is 4.79 Å². The minimum Gasteiger partial charge on any atom is -0.355 e. The molecule has 0 atom stereocenters. The second-order valence-corrected chi connectivity index (χ2v) is 7.74. The molecule has 2 rings (SSSR count). The molecule has 0 unspecified atom stereocenters. The third kappa shape index (κ3) is 5.80. The number of aryl methyl sites for hydroxylation is 1. The van der Waals surface area contributed by atoms with Gasteiger partial charge in [-0.05, 0) is 19.3 Å². The summed E-state index contributed by atoms with van der Waals surface area (Å²) in [6, 6.07) is 0. The molecular weight excluding hydrogens is 449 g/mol. The van der Waals surface area contributed by atoms with Crippen LogP contribution in [0.5, 0.6) is 0 Å².